The number of rotatable bonds is 8. The van der Waals surface area contributed by atoms with E-state index in [0.717, 1.165) is 24.3 Å². The quantitative estimate of drug-likeness (QED) is 0.231. The van der Waals surface area contributed by atoms with Crippen LogP contribution in [-0.4, -0.2) is 36.7 Å². The number of hydrogen-bond donors (Lipinski definition) is 1. The Morgan fingerprint density at radius 3 is 2.53 bits per heavy atom. The normalized spacial score (nSPS) is 10.5. The second kappa shape index (κ2) is 10.0. The number of nitrogens with zero attached hydrogens (tertiary/aromatic N) is 2. The number of amides is 1. The summed E-state index contributed by atoms with van der Waals surface area (Å²) in [7, 11) is 1.21. The molecule has 10 heteroatoms. The summed E-state index contributed by atoms with van der Waals surface area (Å²) in [4.78, 5) is 33.8. The Balaban J connectivity index is 2.09. The van der Waals surface area contributed by atoms with Crippen molar-refractivity contribution < 1.29 is 28.7 Å². The van der Waals surface area contributed by atoms with Crippen LogP contribution in [0.3, 0.4) is 0 Å². The third-order valence-corrected chi connectivity index (χ3v) is 4.01. The standard InChI is InChI=1S/C20H21N3O7/c1-12-5-7-16(9-13(12)2)29-11-18(25)22-21-10-15-6-8-17(30-14(3)24)20(28-4)19(15)23(26)27/h5-10H,11H2,1-4H3,(H,22,25)/b21-10-. The Labute approximate surface area is 172 Å². The van der Waals surface area contributed by atoms with E-state index in [1.807, 2.05) is 26.0 Å². The van der Waals surface area contributed by atoms with Crippen molar-refractivity contribution in [2.24, 2.45) is 5.10 Å². The molecule has 1 amide bonds. The lowest BCUT2D eigenvalue weighted by Gasteiger charge is -2.09. The molecule has 2 aromatic carbocycles. The van der Waals surface area contributed by atoms with Gasteiger partial charge in [-0.15, -0.1) is 0 Å². The number of esters is 1. The van der Waals surface area contributed by atoms with Crippen LogP contribution < -0.4 is 19.6 Å². The number of hydrazone groups is 1. The molecule has 2 aromatic rings. The van der Waals surface area contributed by atoms with Gasteiger partial charge in [-0.25, -0.2) is 5.43 Å². The molecule has 0 aromatic heterocycles. The van der Waals surface area contributed by atoms with Crippen LogP contribution >= 0.6 is 0 Å². The number of hydrogen-bond acceptors (Lipinski definition) is 8. The van der Waals surface area contributed by atoms with Crippen molar-refractivity contribution in [3.05, 3.63) is 57.1 Å². The molecule has 30 heavy (non-hydrogen) atoms. The molecule has 0 bridgehead atoms. The molecule has 2 rings (SSSR count). The summed E-state index contributed by atoms with van der Waals surface area (Å²) in [6.45, 7) is 4.78. The summed E-state index contributed by atoms with van der Waals surface area (Å²) in [5.41, 5.74) is 3.96. The van der Waals surface area contributed by atoms with E-state index in [2.05, 4.69) is 10.5 Å². The van der Waals surface area contributed by atoms with E-state index >= 15 is 0 Å². The van der Waals surface area contributed by atoms with Gasteiger partial charge < -0.3 is 14.2 Å². The number of carbonyl (C=O) groups excluding carboxylic acids is 2. The lowest BCUT2D eigenvalue weighted by Crippen LogP contribution is -2.24. The van der Waals surface area contributed by atoms with Crippen LogP contribution in [0.2, 0.25) is 0 Å². The second-order valence-electron chi connectivity index (χ2n) is 6.21. The molecule has 0 aliphatic heterocycles. The molecule has 0 heterocycles. The van der Waals surface area contributed by atoms with Gasteiger partial charge >= 0.3 is 11.7 Å². The van der Waals surface area contributed by atoms with E-state index in [9.17, 15) is 19.7 Å². The Morgan fingerprint density at radius 1 is 1.20 bits per heavy atom. The number of aryl methyl sites for hydroxylation is 2. The Hall–Kier alpha value is -3.95. The first-order chi connectivity index (χ1) is 14.2. The highest BCUT2D eigenvalue weighted by Gasteiger charge is 2.25. The van der Waals surface area contributed by atoms with Gasteiger partial charge in [0.25, 0.3) is 5.91 Å². The van der Waals surface area contributed by atoms with E-state index in [1.165, 1.54) is 19.2 Å². The molecule has 0 spiro atoms. The molecule has 0 aliphatic rings. The minimum atomic E-state index is -0.697. The highest BCUT2D eigenvalue weighted by molar-refractivity contribution is 5.90. The van der Waals surface area contributed by atoms with Crippen molar-refractivity contribution in [2.45, 2.75) is 20.8 Å². The van der Waals surface area contributed by atoms with E-state index in [0.29, 0.717) is 5.75 Å². The fourth-order valence-electron chi connectivity index (χ4n) is 2.45. The van der Waals surface area contributed by atoms with Gasteiger partial charge in [0.2, 0.25) is 5.75 Å². The van der Waals surface area contributed by atoms with Gasteiger partial charge in [0.1, 0.15) is 5.75 Å². The second-order valence-corrected chi connectivity index (χ2v) is 6.21. The molecule has 0 radical (unpaired) electrons. The van der Waals surface area contributed by atoms with Gasteiger partial charge in [-0.2, -0.15) is 5.10 Å². The summed E-state index contributed by atoms with van der Waals surface area (Å²) < 4.78 is 15.3. The minimum Gasteiger partial charge on any atom is -0.488 e. The van der Waals surface area contributed by atoms with Crippen molar-refractivity contribution in [3.63, 3.8) is 0 Å². The molecule has 0 saturated carbocycles. The van der Waals surface area contributed by atoms with Gasteiger partial charge in [-0.1, -0.05) is 6.07 Å². The lowest BCUT2D eigenvalue weighted by atomic mass is 10.1. The Morgan fingerprint density at radius 2 is 1.93 bits per heavy atom. The molecule has 158 valence electrons. The van der Waals surface area contributed by atoms with Crippen LogP contribution in [-0.2, 0) is 9.59 Å². The van der Waals surface area contributed by atoms with Crippen molar-refractivity contribution in [1.82, 2.24) is 5.43 Å². The van der Waals surface area contributed by atoms with Crippen molar-refractivity contribution >= 4 is 23.8 Å². The summed E-state index contributed by atoms with van der Waals surface area (Å²) in [5.74, 6) is -0.988. The third kappa shape index (κ3) is 5.77. The Bertz CT molecular complexity index is 1000. The molecule has 0 atom stereocenters. The zero-order chi connectivity index (χ0) is 22.3. The van der Waals surface area contributed by atoms with E-state index < -0.39 is 22.5 Å². The van der Waals surface area contributed by atoms with Gasteiger partial charge in [0, 0.05) is 6.92 Å². The summed E-state index contributed by atoms with van der Waals surface area (Å²) in [5, 5.41) is 15.2. The maximum atomic E-state index is 11.9. The summed E-state index contributed by atoms with van der Waals surface area (Å²) in [6, 6.07) is 8.09. The monoisotopic (exact) mass is 415 g/mol. The first kappa shape index (κ1) is 22.3. The van der Waals surface area contributed by atoms with Crippen LogP contribution in [0.25, 0.3) is 0 Å². The number of ether oxygens (including phenoxy) is 3. The van der Waals surface area contributed by atoms with Crippen molar-refractivity contribution in [3.8, 4) is 17.2 Å². The molecule has 0 unspecified atom stereocenters. The molecule has 1 N–H and O–H groups in total. The first-order valence-electron chi connectivity index (χ1n) is 8.78. The molecule has 0 saturated heterocycles. The van der Waals surface area contributed by atoms with Gasteiger partial charge in [-0.3, -0.25) is 19.7 Å². The van der Waals surface area contributed by atoms with Crippen molar-refractivity contribution in [1.29, 1.82) is 0 Å². The van der Waals surface area contributed by atoms with Crippen LogP contribution in [0.1, 0.15) is 23.6 Å². The smallest absolute Gasteiger partial charge is 0.323 e. The van der Waals surface area contributed by atoms with E-state index in [1.54, 1.807) is 6.07 Å². The van der Waals surface area contributed by atoms with Crippen molar-refractivity contribution in [2.75, 3.05) is 13.7 Å². The average molecular weight is 415 g/mol. The maximum absolute atomic E-state index is 11.9. The van der Waals surface area contributed by atoms with Crippen LogP contribution in [0.4, 0.5) is 5.69 Å². The fraction of sp³-hybridized carbons (Fsp3) is 0.250. The highest BCUT2D eigenvalue weighted by atomic mass is 16.6. The van der Waals surface area contributed by atoms with Crippen LogP contribution in [0.5, 0.6) is 17.2 Å². The predicted octanol–water partition coefficient (Wildman–Crippen LogP) is 2.67. The van der Waals surface area contributed by atoms with Gasteiger partial charge in [0.05, 0.1) is 23.8 Å². The zero-order valence-electron chi connectivity index (χ0n) is 16.9. The summed E-state index contributed by atoms with van der Waals surface area (Å²) >= 11 is 0. The highest BCUT2D eigenvalue weighted by Crippen LogP contribution is 2.39. The number of nitro benzene ring substituents is 1. The van der Waals surface area contributed by atoms with E-state index in [-0.39, 0.29) is 23.7 Å². The number of nitrogens with one attached hydrogen (secondary N) is 1. The molecular weight excluding hydrogens is 394 g/mol. The molecule has 0 fully saturated rings. The number of methoxy groups -OCH3 is 1. The first-order valence-corrected chi connectivity index (χ1v) is 8.78. The zero-order valence-corrected chi connectivity index (χ0v) is 16.9. The Kier molecular flexibility index (Phi) is 7.45. The molecular formula is C20H21N3O7. The van der Waals surface area contributed by atoms with Crippen LogP contribution in [0.15, 0.2) is 35.4 Å². The predicted molar refractivity (Wildman–Crippen MR) is 108 cm³/mol. The SMILES string of the molecule is COc1c(OC(C)=O)ccc(/C=N\NC(=O)COc2ccc(C)c(C)c2)c1[N+](=O)[O-]. The number of nitro groups is 1. The van der Waals surface area contributed by atoms with E-state index in [4.69, 9.17) is 14.2 Å². The lowest BCUT2D eigenvalue weighted by molar-refractivity contribution is -0.385. The maximum Gasteiger partial charge on any atom is 0.323 e. The number of benzene rings is 2. The van der Waals surface area contributed by atoms with Crippen LogP contribution in [0, 0.1) is 24.0 Å². The molecule has 10 nitrogen and oxygen atoms in total. The van der Waals surface area contributed by atoms with Gasteiger partial charge in [-0.05, 0) is 49.2 Å². The largest absolute Gasteiger partial charge is 0.488 e. The average Bonchev–Trinajstić information content (AvgIpc) is 2.68. The third-order valence-electron chi connectivity index (χ3n) is 4.01. The number of carbonyl (C=O) groups is 2. The molecule has 0 aliphatic carbocycles. The van der Waals surface area contributed by atoms with Gasteiger partial charge in [0.15, 0.2) is 12.4 Å². The minimum absolute atomic E-state index is 0.0446. The fourth-order valence-corrected chi connectivity index (χ4v) is 2.45. The summed E-state index contributed by atoms with van der Waals surface area (Å²) in [6.07, 6.45) is 1.09. The topological polar surface area (TPSA) is 129 Å².